The number of hydrogen-bond donors (Lipinski definition) is 2. The molecule has 0 bridgehead atoms. The minimum Gasteiger partial charge on any atom is -0.491 e. The zero-order valence-electron chi connectivity index (χ0n) is 16.1. The lowest BCUT2D eigenvalue weighted by molar-refractivity contribution is 0.175. The van der Waals surface area contributed by atoms with Gasteiger partial charge in [0.1, 0.15) is 24.2 Å². The highest BCUT2D eigenvalue weighted by molar-refractivity contribution is 5.76. The minimum atomic E-state index is -1.00. The molecule has 4 rings (SSSR count). The molecule has 2 unspecified atom stereocenters. The number of carboxylic acid groups (broad SMARTS) is 1. The topological polar surface area (TPSA) is 80.7 Å². The van der Waals surface area contributed by atoms with Crippen LogP contribution in [0.3, 0.4) is 0 Å². The summed E-state index contributed by atoms with van der Waals surface area (Å²) in [5, 5.41) is 11.8. The van der Waals surface area contributed by atoms with Crippen molar-refractivity contribution in [2.45, 2.75) is 51.2 Å². The summed E-state index contributed by atoms with van der Waals surface area (Å²) in [4.78, 5) is 15.3. The summed E-state index contributed by atoms with van der Waals surface area (Å²) < 4.78 is 12.0. The van der Waals surface area contributed by atoms with E-state index in [9.17, 15) is 4.79 Å². The van der Waals surface area contributed by atoms with E-state index in [1.54, 1.807) is 6.20 Å². The first-order chi connectivity index (χ1) is 13.6. The molecule has 2 aliphatic rings. The van der Waals surface area contributed by atoms with Crippen molar-refractivity contribution in [2.24, 2.45) is 5.92 Å². The summed E-state index contributed by atoms with van der Waals surface area (Å²) in [5.74, 6) is 2.05. The van der Waals surface area contributed by atoms with E-state index in [0.29, 0.717) is 18.3 Å². The van der Waals surface area contributed by atoms with Crippen LogP contribution in [0.15, 0.2) is 36.7 Å². The molecule has 1 amide bonds. The third-order valence-electron chi connectivity index (χ3n) is 5.71. The largest absolute Gasteiger partial charge is 0.491 e. The van der Waals surface area contributed by atoms with E-state index in [4.69, 9.17) is 14.6 Å². The molecule has 2 aromatic rings. The molecule has 2 N–H and O–H groups in total. The number of carbonyl (C=O) groups is 1. The molecule has 148 valence electrons. The fourth-order valence-electron chi connectivity index (χ4n) is 4.33. The Kier molecular flexibility index (Phi) is 5.37. The fourth-order valence-corrected chi connectivity index (χ4v) is 4.33. The number of nitrogens with one attached hydrogen (secondary N) is 1. The maximum atomic E-state index is 11.1. The van der Waals surface area contributed by atoms with Crippen molar-refractivity contribution in [1.82, 2.24) is 10.3 Å². The number of rotatable bonds is 6. The van der Waals surface area contributed by atoms with E-state index < -0.39 is 6.09 Å². The van der Waals surface area contributed by atoms with Gasteiger partial charge in [-0.25, -0.2) is 4.79 Å². The molecular formula is C22H26N2O4. The predicted octanol–water partition coefficient (Wildman–Crippen LogP) is 4.80. The Bertz CT molecular complexity index is 848. The standard InChI is InChI=1S/C22H26N2O4/c1-14-20-12-23-9-8-18(20)19-7-6-17(11-21(19)28-14)27-13-16(24-22(25)26)10-15-4-2-3-5-15/h6-9,11-12,14-16,24H,2-5,10,13H2,1H3,(H,25,26). The molecule has 1 aliphatic heterocycles. The van der Waals surface area contributed by atoms with Crippen molar-refractivity contribution in [3.8, 4) is 22.6 Å². The average Bonchev–Trinajstić information content (AvgIpc) is 3.19. The second-order valence-electron chi connectivity index (χ2n) is 7.72. The van der Waals surface area contributed by atoms with Crippen LogP contribution in [0.2, 0.25) is 0 Å². The zero-order chi connectivity index (χ0) is 19.5. The maximum Gasteiger partial charge on any atom is 0.404 e. The monoisotopic (exact) mass is 382 g/mol. The van der Waals surface area contributed by atoms with Gasteiger partial charge in [0.15, 0.2) is 0 Å². The summed E-state index contributed by atoms with van der Waals surface area (Å²) in [6.45, 7) is 2.32. The van der Waals surface area contributed by atoms with Gasteiger partial charge in [-0.1, -0.05) is 25.7 Å². The van der Waals surface area contributed by atoms with Gasteiger partial charge in [0.05, 0.1) is 6.04 Å². The Morgan fingerprint density at radius 2 is 2.14 bits per heavy atom. The first-order valence-corrected chi connectivity index (χ1v) is 9.97. The molecule has 1 aromatic heterocycles. The molecule has 0 saturated heterocycles. The number of hydrogen-bond acceptors (Lipinski definition) is 4. The van der Waals surface area contributed by atoms with Gasteiger partial charge in [0, 0.05) is 29.6 Å². The van der Waals surface area contributed by atoms with E-state index in [-0.39, 0.29) is 12.1 Å². The number of aromatic nitrogens is 1. The van der Waals surface area contributed by atoms with Crippen LogP contribution in [0.5, 0.6) is 11.5 Å². The Morgan fingerprint density at radius 1 is 1.32 bits per heavy atom. The van der Waals surface area contributed by atoms with Crippen LogP contribution in [-0.2, 0) is 0 Å². The van der Waals surface area contributed by atoms with E-state index in [2.05, 4.69) is 10.3 Å². The van der Waals surface area contributed by atoms with Crippen LogP contribution in [0.1, 0.15) is 50.7 Å². The number of amides is 1. The second-order valence-corrected chi connectivity index (χ2v) is 7.72. The molecule has 1 fully saturated rings. The molecule has 28 heavy (non-hydrogen) atoms. The van der Waals surface area contributed by atoms with Crippen LogP contribution < -0.4 is 14.8 Å². The summed E-state index contributed by atoms with van der Waals surface area (Å²) >= 11 is 0. The van der Waals surface area contributed by atoms with Gasteiger partial charge in [0.2, 0.25) is 0 Å². The van der Waals surface area contributed by atoms with Gasteiger partial charge >= 0.3 is 6.09 Å². The third kappa shape index (κ3) is 4.06. The number of fused-ring (bicyclic) bond motifs is 3. The van der Waals surface area contributed by atoms with E-state index in [1.165, 1.54) is 25.7 Å². The second kappa shape index (κ2) is 8.09. The van der Waals surface area contributed by atoms with Crippen molar-refractivity contribution in [1.29, 1.82) is 0 Å². The molecular weight excluding hydrogens is 356 g/mol. The number of benzene rings is 1. The van der Waals surface area contributed by atoms with E-state index >= 15 is 0 Å². The van der Waals surface area contributed by atoms with E-state index in [0.717, 1.165) is 28.9 Å². The summed E-state index contributed by atoms with van der Waals surface area (Å²) in [7, 11) is 0. The van der Waals surface area contributed by atoms with E-state index in [1.807, 2.05) is 37.4 Å². The summed E-state index contributed by atoms with van der Waals surface area (Å²) in [5.41, 5.74) is 3.22. The Balaban J connectivity index is 1.46. The Labute approximate surface area is 164 Å². The van der Waals surface area contributed by atoms with Gasteiger partial charge < -0.3 is 19.9 Å². The maximum absolute atomic E-state index is 11.1. The van der Waals surface area contributed by atoms with Crippen molar-refractivity contribution in [3.05, 3.63) is 42.2 Å². The smallest absolute Gasteiger partial charge is 0.404 e. The van der Waals surface area contributed by atoms with Gasteiger partial charge in [-0.3, -0.25) is 4.98 Å². The molecule has 1 aliphatic carbocycles. The van der Waals surface area contributed by atoms with Gasteiger partial charge in [-0.15, -0.1) is 0 Å². The lowest BCUT2D eigenvalue weighted by atomic mass is 9.95. The Hall–Kier alpha value is -2.76. The highest BCUT2D eigenvalue weighted by atomic mass is 16.5. The van der Waals surface area contributed by atoms with Gasteiger partial charge in [-0.05, 0) is 43.0 Å². The molecule has 1 saturated carbocycles. The SMILES string of the molecule is CC1Oc2cc(OCC(CC3CCCC3)NC(=O)O)ccc2-c2ccncc21. The number of nitrogens with zero attached hydrogens (tertiary/aromatic N) is 1. The summed E-state index contributed by atoms with van der Waals surface area (Å²) in [6.07, 6.45) is 8.22. The first kappa shape index (κ1) is 18.6. The molecule has 2 heterocycles. The molecule has 6 nitrogen and oxygen atoms in total. The van der Waals surface area contributed by atoms with Crippen LogP contribution in [-0.4, -0.2) is 28.8 Å². The normalized spacial score (nSPS) is 19.2. The summed E-state index contributed by atoms with van der Waals surface area (Å²) in [6, 6.07) is 7.59. The number of ether oxygens (including phenoxy) is 2. The quantitative estimate of drug-likeness (QED) is 0.750. The highest BCUT2D eigenvalue weighted by Gasteiger charge is 2.24. The molecule has 1 aromatic carbocycles. The molecule has 0 radical (unpaired) electrons. The fraction of sp³-hybridized carbons (Fsp3) is 0.455. The zero-order valence-corrected chi connectivity index (χ0v) is 16.1. The lowest BCUT2D eigenvalue weighted by Gasteiger charge is -2.26. The molecule has 2 atom stereocenters. The first-order valence-electron chi connectivity index (χ1n) is 9.97. The molecule has 6 heteroatoms. The Morgan fingerprint density at radius 3 is 2.93 bits per heavy atom. The predicted molar refractivity (Wildman–Crippen MR) is 106 cm³/mol. The lowest BCUT2D eigenvalue weighted by Crippen LogP contribution is -2.39. The average molecular weight is 382 g/mol. The van der Waals surface area contributed by atoms with Gasteiger partial charge in [-0.2, -0.15) is 0 Å². The van der Waals surface area contributed by atoms with Crippen molar-refractivity contribution < 1.29 is 19.4 Å². The van der Waals surface area contributed by atoms with Crippen LogP contribution in [0.25, 0.3) is 11.1 Å². The minimum absolute atomic E-state index is 0.0738. The molecule has 0 spiro atoms. The van der Waals surface area contributed by atoms with Crippen LogP contribution in [0, 0.1) is 5.92 Å². The highest BCUT2D eigenvalue weighted by Crippen LogP contribution is 2.43. The van der Waals surface area contributed by atoms with Crippen LogP contribution >= 0.6 is 0 Å². The van der Waals surface area contributed by atoms with Gasteiger partial charge in [0.25, 0.3) is 0 Å². The van der Waals surface area contributed by atoms with Crippen molar-refractivity contribution in [3.63, 3.8) is 0 Å². The number of pyridine rings is 1. The van der Waals surface area contributed by atoms with Crippen molar-refractivity contribution >= 4 is 6.09 Å². The van der Waals surface area contributed by atoms with Crippen LogP contribution in [0.4, 0.5) is 4.79 Å². The third-order valence-corrected chi connectivity index (χ3v) is 5.71. The van der Waals surface area contributed by atoms with Crippen molar-refractivity contribution in [2.75, 3.05) is 6.61 Å².